The average molecular weight is 390 g/mol. The minimum Gasteiger partial charge on any atom is -0.272 e. The molecule has 2 heterocycles. The second-order valence-electron chi connectivity index (χ2n) is 5.33. The van der Waals surface area contributed by atoms with E-state index in [1.165, 1.54) is 22.3 Å². The van der Waals surface area contributed by atoms with E-state index < -0.39 is 0 Å². The number of nitrogens with zero attached hydrogens (tertiary/aromatic N) is 4. The second-order valence-corrected chi connectivity index (χ2v) is 7.45. The van der Waals surface area contributed by atoms with Crippen LogP contribution in [-0.2, 0) is 9.59 Å². The zero-order valence-electron chi connectivity index (χ0n) is 9.69. The first kappa shape index (κ1) is 12.0. The van der Waals surface area contributed by atoms with Crippen LogP contribution in [0.2, 0.25) is 0 Å². The number of hydrogen-bond acceptors (Lipinski definition) is 4. The highest BCUT2D eigenvalue weighted by Gasteiger charge is 2.66. The van der Waals surface area contributed by atoms with E-state index in [2.05, 4.69) is 42.1 Å². The summed E-state index contributed by atoms with van der Waals surface area (Å²) in [6.45, 7) is 0. The van der Waals surface area contributed by atoms with Crippen LogP contribution < -0.4 is 5.01 Å². The van der Waals surface area contributed by atoms with Crippen molar-refractivity contribution in [3.8, 4) is 0 Å². The molecule has 0 radical (unpaired) electrons. The minimum absolute atomic E-state index is 0.119. The Bertz CT molecular complexity index is 531. The summed E-state index contributed by atoms with van der Waals surface area (Å²) in [5.41, 5.74) is 0. The Morgan fingerprint density at radius 3 is 1.95 bits per heavy atom. The Labute approximate surface area is 125 Å². The van der Waals surface area contributed by atoms with Crippen molar-refractivity contribution in [3.63, 3.8) is 0 Å². The molecule has 6 atom stereocenters. The molecule has 2 aliphatic carbocycles. The summed E-state index contributed by atoms with van der Waals surface area (Å²) < 4.78 is 1.38. The van der Waals surface area contributed by atoms with E-state index in [1.807, 2.05) is 0 Å². The summed E-state index contributed by atoms with van der Waals surface area (Å²) in [5, 5.41) is 8.52. The van der Waals surface area contributed by atoms with Crippen LogP contribution >= 0.6 is 31.9 Å². The molecule has 3 aliphatic rings. The maximum atomic E-state index is 12.5. The zero-order chi connectivity index (χ0) is 13.3. The Morgan fingerprint density at radius 2 is 1.47 bits per heavy atom. The fourth-order valence-corrected chi connectivity index (χ4v) is 5.73. The van der Waals surface area contributed by atoms with Gasteiger partial charge in [-0.25, -0.2) is 4.68 Å². The Hall–Kier alpha value is -0.760. The largest absolute Gasteiger partial charge is 0.272 e. The van der Waals surface area contributed by atoms with E-state index in [-0.39, 0.29) is 45.1 Å². The lowest BCUT2D eigenvalue weighted by Crippen LogP contribution is -2.41. The van der Waals surface area contributed by atoms with Crippen molar-refractivity contribution >= 4 is 43.7 Å². The molecule has 1 aromatic heterocycles. The van der Waals surface area contributed by atoms with Crippen LogP contribution in [0.15, 0.2) is 12.7 Å². The van der Waals surface area contributed by atoms with Crippen LogP contribution in [0, 0.1) is 23.7 Å². The normalized spacial score (nSPS) is 44.2. The summed E-state index contributed by atoms with van der Waals surface area (Å²) in [6.07, 6.45) is 3.71. The van der Waals surface area contributed by atoms with Gasteiger partial charge < -0.3 is 0 Å². The number of amides is 2. The van der Waals surface area contributed by atoms with E-state index in [9.17, 15) is 9.59 Å². The van der Waals surface area contributed by atoms with Crippen LogP contribution in [0.1, 0.15) is 6.42 Å². The fraction of sp³-hybridized carbons (Fsp3) is 0.636. The first-order chi connectivity index (χ1) is 9.11. The van der Waals surface area contributed by atoms with Gasteiger partial charge in [0.1, 0.15) is 12.7 Å². The molecule has 1 aromatic rings. The lowest BCUT2D eigenvalue weighted by molar-refractivity contribution is -0.125. The van der Waals surface area contributed by atoms with Gasteiger partial charge in [-0.3, -0.25) is 9.59 Å². The summed E-state index contributed by atoms with van der Waals surface area (Å²) in [4.78, 5) is 25.6. The molecule has 1 aliphatic heterocycles. The number of rotatable bonds is 1. The first-order valence-corrected chi connectivity index (χ1v) is 7.95. The van der Waals surface area contributed by atoms with Crippen molar-refractivity contribution in [1.29, 1.82) is 0 Å². The molecule has 2 saturated carbocycles. The van der Waals surface area contributed by atoms with Crippen molar-refractivity contribution in [3.05, 3.63) is 12.7 Å². The Morgan fingerprint density at radius 1 is 1.00 bits per heavy atom. The van der Waals surface area contributed by atoms with E-state index in [0.717, 1.165) is 6.42 Å². The smallest absolute Gasteiger partial charge is 0.252 e. The van der Waals surface area contributed by atoms with Crippen LogP contribution in [0.25, 0.3) is 0 Å². The van der Waals surface area contributed by atoms with Crippen molar-refractivity contribution < 1.29 is 9.59 Å². The molecule has 6 nitrogen and oxygen atoms in total. The molecular formula is C11H10Br2N4O2. The number of imide groups is 1. The summed E-state index contributed by atoms with van der Waals surface area (Å²) in [7, 11) is 0. The molecule has 8 heteroatoms. The maximum absolute atomic E-state index is 12.5. The van der Waals surface area contributed by atoms with Gasteiger partial charge >= 0.3 is 0 Å². The van der Waals surface area contributed by atoms with Crippen molar-refractivity contribution in [1.82, 2.24) is 14.9 Å². The maximum Gasteiger partial charge on any atom is 0.252 e. The number of aromatic nitrogens is 3. The van der Waals surface area contributed by atoms with Crippen LogP contribution in [-0.4, -0.2) is 36.3 Å². The first-order valence-electron chi connectivity index (χ1n) is 6.12. The van der Waals surface area contributed by atoms with Gasteiger partial charge in [0.15, 0.2) is 0 Å². The van der Waals surface area contributed by atoms with Gasteiger partial charge in [-0.15, -0.1) is 10.2 Å². The topological polar surface area (TPSA) is 68.1 Å². The monoisotopic (exact) mass is 388 g/mol. The third-order valence-electron chi connectivity index (χ3n) is 4.60. The molecule has 0 N–H and O–H groups in total. The molecule has 4 rings (SSSR count). The van der Waals surface area contributed by atoms with Gasteiger partial charge in [-0.1, -0.05) is 31.9 Å². The Kier molecular flexibility index (Phi) is 2.45. The summed E-state index contributed by atoms with van der Waals surface area (Å²) >= 11 is 7.31. The number of carbonyl (C=O) groups is 2. The summed E-state index contributed by atoms with van der Waals surface area (Å²) in [5.74, 6) is -0.164. The predicted molar refractivity (Wildman–Crippen MR) is 72.3 cm³/mol. The van der Waals surface area contributed by atoms with Gasteiger partial charge in [-0.05, 0) is 18.3 Å². The van der Waals surface area contributed by atoms with Gasteiger partial charge in [0, 0.05) is 9.65 Å². The number of alkyl halides is 2. The molecular weight excluding hydrogens is 380 g/mol. The number of fused-ring (bicyclic) bond motifs is 5. The predicted octanol–water partition coefficient (Wildman–Crippen LogP) is 0.692. The molecule has 0 aromatic carbocycles. The van der Waals surface area contributed by atoms with E-state index in [4.69, 9.17) is 0 Å². The lowest BCUT2D eigenvalue weighted by atomic mass is 9.81. The Balaban J connectivity index is 1.76. The minimum atomic E-state index is -0.196. The molecule has 2 bridgehead atoms. The highest BCUT2D eigenvalue weighted by atomic mass is 79.9. The van der Waals surface area contributed by atoms with Crippen molar-refractivity contribution in [2.24, 2.45) is 23.7 Å². The van der Waals surface area contributed by atoms with Crippen molar-refractivity contribution in [2.75, 3.05) is 5.01 Å². The lowest BCUT2D eigenvalue weighted by Gasteiger charge is -2.28. The van der Waals surface area contributed by atoms with E-state index in [1.54, 1.807) is 0 Å². The third-order valence-corrected chi connectivity index (χ3v) is 7.81. The van der Waals surface area contributed by atoms with Crippen LogP contribution in [0.3, 0.4) is 0 Å². The van der Waals surface area contributed by atoms with E-state index in [0.29, 0.717) is 0 Å². The molecule has 2 amide bonds. The zero-order valence-corrected chi connectivity index (χ0v) is 12.9. The number of carbonyl (C=O) groups excluding carboxylic acids is 2. The highest BCUT2D eigenvalue weighted by Crippen LogP contribution is 2.59. The SMILES string of the molecule is O=C1[C@@H]2[C@@H]3C[C@@H]([C@@H](Br)[C@@H]3Br)[C@@H]2C(=O)N1n1cnnc1. The van der Waals surface area contributed by atoms with Gasteiger partial charge in [-0.2, -0.15) is 5.01 Å². The second kappa shape index (κ2) is 3.88. The molecule has 3 fully saturated rings. The molecule has 1 saturated heterocycles. The average Bonchev–Trinajstić information content (AvgIpc) is 3.10. The van der Waals surface area contributed by atoms with Gasteiger partial charge in [0.25, 0.3) is 11.8 Å². The molecule has 100 valence electrons. The summed E-state index contributed by atoms with van der Waals surface area (Å²) in [6, 6.07) is 0. The molecule has 0 spiro atoms. The van der Waals surface area contributed by atoms with Crippen LogP contribution in [0.4, 0.5) is 0 Å². The fourth-order valence-electron chi connectivity index (χ4n) is 3.86. The quantitative estimate of drug-likeness (QED) is 0.523. The van der Waals surface area contributed by atoms with Gasteiger partial charge in [0.05, 0.1) is 11.8 Å². The highest BCUT2D eigenvalue weighted by molar-refractivity contribution is 9.12. The number of halogens is 2. The molecule has 0 unspecified atom stereocenters. The molecule has 19 heavy (non-hydrogen) atoms. The van der Waals surface area contributed by atoms with E-state index >= 15 is 0 Å². The third kappa shape index (κ3) is 1.36. The number of hydrogen-bond donors (Lipinski definition) is 0. The van der Waals surface area contributed by atoms with Gasteiger partial charge in [0.2, 0.25) is 0 Å². The van der Waals surface area contributed by atoms with Crippen molar-refractivity contribution in [2.45, 2.75) is 16.1 Å². The standard InChI is InChI=1S/C11H10Br2N4O2/c12-8-4-1-5(9(8)13)7-6(4)10(18)17(11(7)19)16-2-14-15-3-16/h2-9H,1H2/t4-,5+,6+,7-,8-,9-/m1/s1. The van der Waals surface area contributed by atoms with Crippen LogP contribution in [0.5, 0.6) is 0 Å².